The SMILES string of the molecule is CCCCNC(=O)COc1ccc([C@@H](O)CC)cc1. The lowest BCUT2D eigenvalue weighted by molar-refractivity contribution is -0.123. The third kappa shape index (κ3) is 5.75. The van der Waals surface area contributed by atoms with Crippen molar-refractivity contribution < 1.29 is 14.6 Å². The molecule has 0 aliphatic rings. The molecule has 4 nitrogen and oxygen atoms in total. The van der Waals surface area contributed by atoms with Crippen LogP contribution in [0.2, 0.25) is 0 Å². The van der Waals surface area contributed by atoms with E-state index in [2.05, 4.69) is 12.2 Å². The molecule has 0 saturated carbocycles. The Morgan fingerprint density at radius 1 is 1.32 bits per heavy atom. The van der Waals surface area contributed by atoms with Gasteiger partial charge in [0.1, 0.15) is 5.75 Å². The number of aliphatic hydroxyl groups is 1. The van der Waals surface area contributed by atoms with Crippen molar-refractivity contribution in [1.82, 2.24) is 5.32 Å². The summed E-state index contributed by atoms with van der Waals surface area (Å²) in [6.07, 6.45) is 2.28. The quantitative estimate of drug-likeness (QED) is 0.710. The van der Waals surface area contributed by atoms with Crippen LogP contribution in [-0.4, -0.2) is 24.2 Å². The smallest absolute Gasteiger partial charge is 0.257 e. The zero-order valence-corrected chi connectivity index (χ0v) is 11.7. The van der Waals surface area contributed by atoms with Gasteiger partial charge in [-0.05, 0) is 30.5 Å². The summed E-state index contributed by atoms with van der Waals surface area (Å²) in [6.45, 7) is 4.73. The van der Waals surface area contributed by atoms with E-state index < -0.39 is 6.10 Å². The van der Waals surface area contributed by atoms with E-state index in [4.69, 9.17) is 4.74 Å². The number of carbonyl (C=O) groups excluding carboxylic acids is 1. The van der Waals surface area contributed by atoms with Gasteiger partial charge < -0.3 is 15.2 Å². The molecule has 1 aromatic carbocycles. The lowest BCUT2D eigenvalue weighted by Gasteiger charge is -2.10. The number of carbonyl (C=O) groups is 1. The number of ether oxygens (including phenoxy) is 1. The van der Waals surface area contributed by atoms with Crippen LogP contribution in [0.1, 0.15) is 44.8 Å². The molecule has 0 fully saturated rings. The summed E-state index contributed by atoms with van der Waals surface area (Å²) in [5.74, 6) is 0.531. The first-order chi connectivity index (χ1) is 9.17. The normalized spacial score (nSPS) is 11.9. The van der Waals surface area contributed by atoms with E-state index in [1.54, 1.807) is 12.1 Å². The second-order valence-electron chi connectivity index (χ2n) is 4.49. The second-order valence-corrected chi connectivity index (χ2v) is 4.49. The molecule has 4 heteroatoms. The molecule has 106 valence electrons. The third-order valence-electron chi connectivity index (χ3n) is 2.87. The average molecular weight is 265 g/mol. The van der Waals surface area contributed by atoms with Crippen LogP contribution in [0.15, 0.2) is 24.3 Å². The topological polar surface area (TPSA) is 58.6 Å². The summed E-state index contributed by atoms with van der Waals surface area (Å²) in [6, 6.07) is 7.18. The highest BCUT2D eigenvalue weighted by Crippen LogP contribution is 2.19. The minimum absolute atomic E-state index is 0.0272. The molecule has 1 rings (SSSR count). The molecular weight excluding hydrogens is 242 g/mol. The predicted octanol–water partition coefficient (Wildman–Crippen LogP) is 2.43. The number of nitrogens with one attached hydrogen (secondary N) is 1. The molecule has 0 spiro atoms. The van der Waals surface area contributed by atoms with Gasteiger partial charge in [0.25, 0.3) is 5.91 Å². The minimum atomic E-state index is -0.439. The summed E-state index contributed by atoms with van der Waals surface area (Å²) in [5.41, 5.74) is 0.863. The molecular formula is C15H23NO3. The monoisotopic (exact) mass is 265 g/mol. The zero-order chi connectivity index (χ0) is 14.1. The molecule has 0 aliphatic heterocycles. The van der Waals surface area contributed by atoms with Crippen LogP contribution in [0.3, 0.4) is 0 Å². The molecule has 0 heterocycles. The molecule has 1 aromatic rings. The molecule has 0 aromatic heterocycles. The second kappa shape index (κ2) is 8.53. The Labute approximate surface area is 114 Å². The summed E-state index contributed by atoms with van der Waals surface area (Å²) < 4.78 is 5.37. The zero-order valence-electron chi connectivity index (χ0n) is 11.7. The number of aliphatic hydroxyl groups excluding tert-OH is 1. The van der Waals surface area contributed by atoms with Gasteiger partial charge in [-0.1, -0.05) is 32.4 Å². The van der Waals surface area contributed by atoms with Crippen LogP contribution in [0.25, 0.3) is 0 Å². The number of rotatable bonds is 8. The van der Waals surface area contributed by atoms with Crippen LogP contribution in [0.5, 0.6) is 5.75 Å². The van der Waals surface area contributed by atoms with Crippen LogP contribution < -0.4 is 10.1 Å². The van der Waals surface area contributed by atoms with Gasteiger partial charge in [0, 0.05) is 6.54 Å². The Morgan fingerprint density at radius 2 is 2.00 bits per heavy atom. The van der Waals surface area contributed by atoms with Gasteiger partial charge in [-0.15, -0.1) is 0 Å². The fourth-order valence-electron chi connectivity index (χ4n) is 1.63. The summed E-state index contributed by atoms with van der Waals surface area (Å²) in [7, 11) is 0. The van der Waals surface area contributed by atoms with E-state index in [0.717, 1.165) is 18.4 Å². The highest BCUT2D eigenvalue weighted by molar-refractivity contribution is 5.77. The van der Waals surface area contributed by atoms with E-state index in [1.807, 2.05) is 19.1 Å². The lowest BCUT2D eigenvalue weighted by Crippen LogP contribution is -2.29. The standard InChI is InChI=1S/C15H23NO3/c1-3-5-10-16-15(18)11-19-13-8-6-12(7-9-13)14(17)4-2/h6-9,14,17H,3-5,10-11H2,1-2H3,(H,16,18)/t14-/m0/s1. The van der Waals surface area contributed by atoms with Crippen LogP contribution in [0.4, 0.5) is 0 Å². The number of hydrogen-bond acceptors (Lipinski definition) is 3. The predicted molar refractivity (Wildman–Crippen MR) is 75.1 cm³/mol. The van der Waals surface area contributed by atoms with E-state index in [0.29, 0.717) is 18.7 Å². The maximum atomic E-state index is 11.4. The molecule has 0 unspecified atom stereocenters. The highest BCUT2D eigenvalue weighted by Gasteiger charge is 2.05. The van der Waals surface area contributed by atoms with E-state index in [-0.39, 0.29) is 12.5 Å². The van der Waals surface area contributed by atoms with Gasteiger partial charge in [-0.3, -0.25) is 4.79 Å². The molecule has 0 radical (unpaired) electrons. The Hall–Kier alpha value is -1.55. The first kappa shape index (κ1) is 15.5. The average Bonchev–Trinajstić information content (AvgIpc) is 2.45. The van der Waals surface area contributed by atoms with E-state index in [9.17, 15) is 9.90 Å². The number of hydrogen-bond donors (Lipinski definition) is 2. The Balaban J connectivity index is 2.35. The van der Waals surface area contributed by atoms with Gasteiger partial charge in [0.05, 0.1) is 6.10 Å². The number of unbranched alkanes of at least 4 members (excludes halogenated alkanes) is 1. The maximum Gasteiger partial charge on any atom is 0.257 e. The lowest BCUT2D eigenvalue weighted by atomic mass is 10.1. The Bertz CT molecular complexity index is 375. The van der Waals surface area contributed by atoms with Crippen molar-refractivity contribution in [2.24, 2.45) is 0 Å². The van der Waals surface area contributed by atoms with Crippen LogP contribution >= 0.6 is 0 Å². The van der Waals surface area contributed by atoms with Crippen molar-refractivity contribution in [3.63, 3.8) is 0 Å². The van der Waals surface area contributed by atoms with Crippen molar-refractivity contribution in [2.45, 2.75) is 39.2 Å². The summed E-state index contributed by atoms with van der Waals surface area (Å²) in [4.78, 5) is 11.4. The molecule has 1 amide bonds. The summed E-state index contributed by atoms with van der Waals surface area (Å²) >= 11 is 0. The molecule has 19 heavy (non-hydrogen) atoms. The molecule has 2 N–H and O–H groups in total. The first-order valence-electron chi connectivity index (χ1n) is 6.84. The fraction of sp³-hybridized carbons (Fsp3) is 0.533. The Kier molecular flexibility index (Phi) is 6.97. The summed E-state index contributed by atoms with van der Waals surface area (Å²) in [5, 5.41) is 12.4. The van der Waals surface area contributed by atoms with Crippen molar-refractivity contribution in [3.8, 4) is 5.75 Å². The fourth-order valence-corrected chi connectivity index (χ4v) is 1.63. The van der Waals surface area contributed by atoms with Gasteiger partial charge >= 0.3 is 0 Å². The van der Waals surface area contributed by atoms with Gasteiger partial charge in [-0.2, -0.15) is 0 Å². The van der Waals surface area contributed by atoms with Crippen molar-refractivity contribution in [3.05, 3.63) is 29.8 Å². The maximum absolute atomic E-state index is 11.4. The third-order valence-corrected chi connectivity index (χ3v) is 2.87. The van der Waals surface area contributed by atoms with Crippen molar-refractivity contribution >= 4 is 5.91 Å². The molecule has 0 bridgehead atoms. The first-order valence-corrected chi connectivity index (χ1v) is 6.84. The number of benzene rings is 1. The van der Waals surface area contributed by atoms with E-state index >= 15 is 0 Å². The molecule has 0 saturated heterocycles. The van der Waals surface area contributed by atoms with Crippen LogP contribution in [0, 0.1) is 0 Å². The van der Waals surface area contributed by atoms with Crippen LogP contribution in [-0.2, 0) is 4.79 Å². The Morgan fingerprint density at radius 3 is 2.58 bits per heavy atom. The number of amides is 1. The van der Waals surface area contributed by atoms with Gasteiger partial charge in [-0.25, -0.2) is 0 Å². The highest BCUT2D eigenvalue weighted by atomic mass is 16.5. The molecule has 1 atom stereocenters. The molecule has 0 aliphatic carbocycles. The van der Waals surface area contributed by atoms with Gasteiger partial charge in [0.15, 0.2) is 6.61 Å². The largest absolute Gasteiger partial charge is 0.484 e. The van der Waals surface area contributed by atoms with Gasteiger partial charge in [0.2, 0.25) is 0 Å². The van der Waals surface area contributed by atoms with Crippen molar-refractivity contribution in [2.75, 3.05) is 13.2 Å². The minimum Gasteiger partial charge on any atom is -0.484 e. The van der Waals surface area contributed by atoms with E-state index in [1.165, 1.54) is 0 Å². The van der Waals surface area contributed by atoms with Crippen molar-refractivity contribution in [1.29, 1.82) is 0 Å².